The third-order valence-corrected chi connectivity index (χ3v) is 1.91. The number of aromatic nitrogens is 2. The van der Waals surface area contributed by atoms with Gasteiger partial charge in [0, 0.05) is 24.2 Å². The summed E-state index contributed by atoms with van der Waals surface area (Å²) >= 11 is 0. The predicted molar refractivity (Wildman–Crippen MR) is 60.1 cm³/mol. The van der Waals surface area contributed by atoms with Crippen LogP contribution in [0.1, 0.15) is 20.3 Å². The van der Waals surface area contributed by atoms with Gasteiger partial charge in [-0.05, 0) is 13.8 Å². The Bertz CT molecular complexity index is 379. The second-order valence-corrected chi connectivity index (χ2v) is 4.07. The van der Waals surface area contributed by atoms with Gasteiger partial charge in [-0.3, -0.25) is 4.79 Å². The molecule has 0 saturated carbocycles. The van der Waals surface area contributed by atoms with E-state index >= 15 is 0 Å². The zero-order valence-electron chi connectivity index (χ0n) is 9.65. The van der Waals surface area contributed by atoms with Gasteiger partial charge in [0.05, 0.1) is 7.11 Å². The fraction of sp³-hybridized carbons (Fsp3) is 0.500. The number of hydrogen-bond acceptors (Lipinski definition) is 5. The molecule has 0 aliphatic rings. The topological polar surface area (TPSA) is 90.1 Å². The molecule has 3 N–H and O–H groups in total. The molecule has 6 nitrogen and oxygen atoms in total. The van der Waals surface area contributed by atoms with E-state index in [1.54, 1.807) is 12.3 Å². The molecule has 1 aromatic rings. The quantitative estimate of drug-likeness (QED) is 0.762. The number of nitrogens with zero attached hydrogens (tertiary/aromatic N) is 2. The first-order valence-corrected chi connectivity index (χ1v) is 4.86. The van der Waals surface area contributed by atoms with E-state index in [4.69, 9.17) is 10.5 Å². The summed E-state index contributed by atoms with van der Waals surface area (Å²) < 4.78 is 4.97. The highest BCUT2D eigenvalue weighted by molar-refractivity contribution is 5.75. The number of rotatable bonds is 5. The third-order valence-electron chi connectivity index (χ3n) is 1.91. The normalized spacial score (nSPS) is 10.9. The van der Waals surface area contributed by atoms with Crippen LogP contribution in [-0.4, -0.2) is 28.5 Å². The first kappa shape index (κ1) is 12.2. The van der Waals surface area contributed by atoms with Crippen molar-refractivity contribution in [3.63, 3.8) is 0 Å². The minimum atomic E-state index is -0.488. The molecular weight excluding hydrogens is 208 g/mol. The van der Waals surface area contributed by atoms with Crippen LogP contribution in [-0.2, 0) is 4.79 Å². The smallest absolute Gasteiger partial charge is 0.226 e. The number of carbonyl (C=O) groups excluding carboxylic acids is 1. The molecule has 1 rings (SSSR count). The van der Waals surface area contributed by atoms with Crippen molar-refractivity contribution in [2.45, 2.75) is 25.8 Å². The molecule has 0 aromatic carbocycles. The van der Waals surface area contributed by atoms with E-state index in [-0.39, 0.29) is 12.3 Å². The number of amides is 1. The summed E-state index contributed by atoms with van der Waals surface area (Å²) in [6.07, 6.45) is 1.78. The molecule has 16 heavy (non-hydrogen) atoms. The van der Waals surface area contributed by atoms with Crippen molar-refractivity contribution in [2.24, 2.45) is 5.73 Å². The largest absolute Gasteiger partial charge is 0.481 e. The highest BCUT2D eigenvalue weighted by Crippen LogP contribution is 2.16. The fourth-order valence-corrected chi connectivity index (χ4v) is 1.30. The molecule has 0 aliphatic carbocycles. The molecule has 0 fully saturated rings. The maximum absolute atomic E-state index is 10.8. The number of ether oxygens (including phenoxy) is 1. The Morgan fingerprint density at radius 1 is 1.62 bits per heavy atom. The second-order valence-electron chi connectivity index (χ2n) is 4.07. The number of hydrogen-bond donors (Lipinski definition) is 2. The fourth-order valence-electron chi connectivity index (χ4n) is 1.30. The van der Waals surface area contributed by atoms with Crippen LogP contribution in [0, 0.1) is 0 Å². The van der Waals surface area contributed by atoms with Crippen LogP contribution in [0.4, 0.5) is 5.95 Å². The van der Waals surface area contributed by atoms with E-state index in [1.807, 2.05) is 13.8 Å². The third kappa shape index (κ3) is 3.72. The molecule has 0 aliphatic heterocycles. The Morgan fingerprint density at radius 3 is 2.88 bits per heavy atom. The maximum atomic E-state index is 10.8. The SMILES string of the molecule is COc1ccnc(NC(C)(C)CC(N)=O)n1. The van der Waals surface area contributed by atoms with Gasteiger partial charge in [-0.1, -0.05) is 0 Å². The average Bonchev–Trinajstić information content (AvgIpc) is 2.15. The summed E-state index contributed by atoms with van der Waals surface area (Å²) in [5.41, 5.74) is 4.66. The molecule has 1 amide bonds. The Morgan fingerprint density at radius 2 is 2.31 bits per heavy atom. The molecule has 0 unspecified atom stereocenters. The molecule has 1 heterocycles. The number of nitrogens with one attached hydrogen (secondary N) is 1. The lowest BCUT2D eigenvalue weighted by Crippen LogP contribution is -2.36. The molecular formula is C10H16N4O2. The van der Waals surface area contributed by atoms with E-state index in [0.717, 1.165) is 0 Å². The molecule has 0 radical (unpaired) electrons. The van der Waals surface area contributed by atoms with Crippen LogP contribution in [0.15, 0.2) is 12.3 Å². The van der Waals surface area contributed by atoms with Crippen LogP contribution in [0.2, 0.25) is 0 Å². The Hall–Kier alpha value is -1.85. The van der Waals surface area contributed by atoms with Crippen molar-refractivity contribution < 1.29 is 9.53 Å². The lowest BCUT2D eigenvalue weighted by atomic mass is 10.0. The van der Waals surface area contributed by atoms with Gasteiger partial charge in [0.2, 0.25) is 17.7 Å². The van der Waals surface area contributed by atoms with Crippen LogP contribution >= 0.6 is 0 Å². The van der Waals surface area contributed by atoms with E-state index in [9.17, 15) is 4.79 Å². The summed E-state index contributed by atoms with van der Waals surface area (Å²) in [6, 6.07) is 1.65. The number of methoxy groups -OCH3 is 1. The summed E-state index contributed by atoms with van der Waals surface area (Å²) in [5.74, 6) is 0.498. The first-order chi connectivity index (χ1) is 7.43. The van der Waals surface area contributed by atoms with Crippen LogP contribution in [0.3, 0.4) is 0 Å². The van der Waals surface area contributed by atoms with Crippen molar-refractivity contribution in [1.82, 2.24) is 9.97 Å². The average molecular weight is 224 g/mol. The Balaban J connectivity index is 2.75. The van der Waals surface area contributed by atoms with Gasteiger partial charge in [0.15, 0.2) is 0 Å². The van der Waals surface area contributed by atoms with Crippen molar-refractivity contribution >= 4 is 11.9 Å². The van der Waals surface area contributed by atoms with Gasteiger partial charge < -0.3 is 15.8 Å². The molecule has 0 saturated heterocycles. The summed E-state index contributed by atoms with van der Waals surface area (Å²) in [6.45, 7) is 3.70. The van der Waals surface area contributed by atoms with Gasteiger partial charge in [-0.15, -0.1) is 0 Å². The minimum absolute atomic E-state index is 0.202. The van der Waals surface area contributed by atoms with E-state index in [0.29, 0.717) is 11.8 Å². The van der Waals surface area contributed by atoms with Crippen molar-refractivity contribution in [2.75, 3.05) is 12.4 Å². The first-order valence-electron chi connectivity index (χ1n) is 4.86. The van der Waals surface area contributed by atoms with Crippen molar-refractivity contribution in [3.05, 3.63) is 12.3 Å². The monoisotopic (exact) mass is 224 g/mol. The number of anilines is 1. The molecule has 0 atom stereocenters. The van der Waals surface area contributed by atoms with Gasteiger partial charge in [0.1, 0.15) is 0 Å². The maximum Gasteiger partial charge on any atom is 0.226 e. The zero-order valence-corrected chi connectivity index (χ0v) is 9.65. The standard InChI is InChI=1S/C10H16N4O2/c1-10(2,6-7(11)15)14-9-12-5-4-8(13-9)16-3/h4-5H,6H2,1-3H3,(H2,11,15)(H,12,13,14). The zero-order chi connectivity index (χ0) is 12.2. The summed E-state index contributed by atoms with van der Waals surface area (Å²) in [7, 11) is 1.53. The Labute approximate surface area is 94.2 Å². The highest BCUT2D eigenvalue weighted by atomic mass is 16.5. The lowest BCUT2D eigenvalue weighted by Gasteiger charge is -2.24. The second kappa shape index (κ2) is 4.78. The van der Waals surface area contributed by atoms with Crippen LogP contribution < -0.4 is 15.8 Å². The minimum Gasteiger partial charge on any atom is -0.481 e. The summed E-state index contributed by atoms with van der Waals surface area (Å²) in [5, 5.41) is 3.02. The predicted octanol–water partition coefficient (Wildman–Crippen LogP) is 0.551. The van der Waals surface area contributed by atoms with Gasteiger partial charge in [-0.2, -0.15) is 4.98 Å². The van der Waals surface area contributed by atoms with Crippen molar-refractivity contribution in [1.29, 1.82) is 0 Å². The summed E-state index contributed by atoms with van der Waals surface area (Å²) in [4.78, 5) is 19.0. The molecule has 0 spiro atoms. The van der Waals surface area contributed by atoms with Crippen LogP contribution in [0.5, 0.6) is 5.88 Å². The van der Waals surface area contributed by atoms with Gasteiger partial charge in [-0.25, -0.2) is 4.98 Å². The Kier molecular flexibility index (Phi) is 3.65. The van der Waals surface area contributed by atoms with Gasteiger partial charge >= 0.3 is 0 Å². The molecule has 88 valence electrons. The number of nitrogens with two attached hydrogens (primary N) is 1. The molecule has 0 bridgehead atoms. The number of carbonyl (C=O) groups is 1. The van der Waals surface area contributed by atoms with Gasteiger partial charge in [0.25, 0.3) is 0 Å². The van der Waals surface area contributed by atoms with Crippen LogP contribution in [0.25, 0.3) is 0 Å². The van der Waals surface area contributed by atoms with E-state index in [2.05, 4.69) is 15.3 Å². The van der Waals surface area contributed by atoms with Crippen molar-refractivity contribution in [3.8, 4) is 5.88 Å². The van der Waals surface area contributed by atoms with E-state index < -0.39 is 5.54 Å². The number of primary amides is 1. The highest BCUT2D eigenvalue weighted by Gasteiger charge is 2.21. The lowest BCUT2D eigenvalue weighted by molar-refractivity contribution is -0.118. The molecule has 6 heteroatoms. The van der Waals surface area contributed by atoms with E-state index in [1.165, 1.54) is 7.11 Å². The molecule has 1 aromatic heterocycles.